The Bertz CT molecular complexity index is 506. The number of amides is 1. The number of halogens is 2. The fourth-order valence-electron chi connectivity index (χ4n) is 1.59. The minimum Gasteiger partial charge on any atom is -0.480 e. The Labute approximate surface area is 127 Å². The molecule has 0 fully saturated rings. The third kappa shape index (κ3) is 5.00. The maximum absolute atomic E-state index is 11.7. The molecule has 0 saturated carbocycles. The van der Waals surface area contributed by atoms with Crippen molar-refractivity contribution in [1.82, 2.24) is 5.32 Å². The monoisotopic (exact) mass is 318 g/mol. The first-order chi connectivity index (χ1) is 9.31. The van der Waals surface area contributed by atoms with Gasteiger partial charge >= 0.3 is 5.97 Å². The molecular formula is C13H16Cl2N2O3. The first-order valence-corrected chi connectivity index (χ1v) is 6.78. The number of carboxylic acid groups (broad SMARTS) is 1. The summed E-state index contributed by atoms with van der Waals surface area (Å²) < 4.78 is 0. The van der Waals surface area contributed by atoms with Gasteiger partial charge in [-0.25, -0.2) is 0 Å². The van der Waals surface area contributed by atoms with Gasteiger partial charge in [0.1, 0.15) is 6.04 Å². The average molecular weight is 319 g/mol. The molecule has 1 aromatic carbocycles. The first-order valence-electron chi connectivity index (χ1n) is 6.02. The van der Waals surface area contributed by atoms with Crippen LogP contribution in [-0.4, -0.2) is 29.6 Å². The number of carbonyl (C=O) groups excluding carboxylic acids is 1. The second kappa shape index (κ2) is 7.47. The molecule has 0 saturated heterocycles. The fraction of sp³-hybridized carbons (Fsp3) is 0.385. The number of carbonyl (C=O) groups is 2. The lowest BCUT2D eigenvalue weighted by Crippen LogP contribution is -2.44. The van der Waals surface area contributed by atoms with Gasteiger partial charge in [-0.15, -0.1) is 0 Å². The molecule has 3 N–H and O–H groups in total. The van der Waals surface area contributed by atoms with Crippen molar-refractivity contribution in [2.24, 2.45) is 5.92 Å². The summed E-state index contributed by atoms with van der Waals surface area (Å²) in [6, 6.07) is 3.94. The van der Waals surface area contributed by atoms with Gasteiger partial charge in [0.05, 0.1) is 16.6 Å². The molecule has 0 aromatic heterocycles. The highest BCUT2D eigenvalue weighted by molar-refractivity contribution is 6.42. The summed E-state index contributed by atoms with van der Waals surface area (Å²) in [7, 11) is 0. The molecule has 20 heavy (non-hydrogen) atoms. The number of aliphatic carboxylic acids is 1. The van der Waals surface area contributed by atoms with Crippen LogP contribution in [0, 0.1) is 5.92 Å². The number of rotatable bonds is 6. The zero-order valence-electron chi connectivity index (χ0n) is 11.1. The van der Waals surface area contributed by atoms with Crippen molar-refractivity contribution in [2.75, 3.05) is 11.9 Å². The number of carboxylic acids is 1. The summed E-state index contributed by atoms with van der Waals surface area (Å²) in [6.07, 6.45) is 0. The van der Waals surface area contributed by atoms with E-state index in [1.165, 1.54) is 6.07 Å². The fourth-order valence-corrected chi connectivity index (χ4v) is 1.89. The quantitative estimate of drug-likeness (QED) is 0.753. The summed E-state index contributed by atoms with van der Waals surface area (Å²) in [4.78, 5) is 22.7. The molecule has 1 unspecified atom stereocenters. The molecule has 0 bridgehead atoms. The van der Waals surface area contributed by atoms with Gasteiger partial charge in [0.2, 0.25) is 5.91 Å². The second-order valence-electron chi connectivity index (χ2n) is 4.62. The van der Waals surface area contributed by atoms with Crippen LogP contribution in [0.3, 0.4) is 0 Å². The Morgan fingerprint density at radius 1 is 1.25 bits per heavy atom. The van der Waals surface area contributed by atoms with E-state index in [9.17, 15) is 9.59 Å². The second-order valence-corrected chi connectivity index (χ2v) is 5.43. The highest BCUT2D eigenvalue weighted by Crippen LogP contribution is 2.24. The molecule has 0 aliphatic carbocycles. The van der Waals surface area contributed by atoms with E-state index >= 15 is 0 Å². The molecule has 1 atom stereocenters. The van der Waals surface area contributed by atoms with E-state index in [0.29, 0.717) is 15.7 Å². The number of anilines is 1. The normalized spacial score (nSPS) is 12.2. The van der Waals surface area contributed by atoms with E-state index < -0.39 is 12.0 Å². The predicted molar refractivity (Wildman–Crippen MR) is 79.4 cm³/mol. The summed E-state index contributed by atoms with van der Waals surface area (Å²) in [5.41, 5.74) is 0.502. The van der Waals surface area contributed by atoms with Gasteiger partial charge in [-0.3, -0.25) is 14.9 Å². The Morgan fingerprint density at radius 3 is 2.40 bits per heavy atom. The molecule has 5 nitrogen and oxygen atoms in total. The lowest BCUT2D eigenvalue weighted by Gasteiger charge is -2.17. The number of hydrogen-bond acceptors (Lipinski definition) is 3. The van der Waals surface area contributed by atoms with Gasteiger partial charge in [0, 0.05) is 5.69 Å². The van der Waals surface area contributed by atoms with Gasteiger partial charge in [0.25, 0.3) is 0 Å². The number of benzene rings is 1. The highest BCUT2D eigenvalue weighted by atomic mass is 35.5. The van der Waals surface area contributed by atoms with Crippen molar-refractivity contribution in [2.45, 2.75) is 19.9 Å². The van der Waals surface area contributed by atoms with Crippen LogP contribution in [0.5, 0.6) is 0 Å². The molecule has 0 aliphatic heterocycles. The average Bonchev–Trinajstić information content (AvgIpc) is 2.33. The van der Waals surface area contributed by atoms with Crippen molar-refractivity contribution in [1.29, 1.82) is 0 Å². The summed E-state index contributed by atoms with van der Waals surface area (Å²) in [6.45, 7) is 3.43. The molecule has 0 aliphatic rings. The van der Waals surface area contributed by atoms with Gasteiger partial charge in [0.15, 0.2) is 0 Å². The number of nitrogens with one attached hydrogen (secondary N) is 2. The summed E-state index contributed by atoms with van der Waals surface area (Å²) >= 11 is 11.6. The topological polar surface area (TPSA) is 78.4 Å². The number of hydrogen-bond donors (Lipinski definition) is 3. The van der Waals surface area contributed by atoms with Crippen LogP contribution in [0.4, 0.5) is 5.69 Å². The zero-order valence-corrected chi connectivity index (χ0v) is 12.6. The van der Waals surface area contributed by atoms with Crippen molar-refractivity contribution in [3.05, 3.63) is 28.2 Å². The standard InChI is InChI=1S/C13H16Cl2N2O3/c1-7(2)12(13(19)20)16-6-11(18)17-8-3-4-9(14)10(15)5-8/h3-5,7,12,16H,6H2,1-2H3,(H,17,18)(H,19,20). The first kappa shape index (κ1) is 16.8. The SMILES string of the molecule is CC(C)C(NCC(=O)Nc1ccc(Cl)c(Cl)c1)C(=O)O. The van der Waals surface area contributed by atoms with Crippen molar-refractivity contribution >= 4 is 40.8 Å². The Balaban J connectivity index is 2.55. The minimum atomic E-state index is -0.984. The summed E-state index contributed by atoms with van der Waals surface area (Å²) in [5, 5.41) is 15.0. The molecule has 1 rings (SSSR count). The third-order valence-corrected chi connectivity index (χ3v) is 3.36. The Kier molecular flexibility index (Phi) is 6.26. The van der Waals surface area contributed by atoms with Crippen LogP contribution in [0.2, 0.25) is 10.0 Å². The zero-order chi connectivity index (χ0) is 15.3. The Morgan fingerprint density at radius 2 is 1.90 bits per heavy atom. The van der Waals surface area contributed by atoms with Crippen molar-refractivity contribution in [3.63, 3.8) is 0 Å². The van der Waals surface area contributed by atoms with E-state index in [-0.39, 0.29) is 18.4 Å². The molecule has 1 aromatic rings. The summed E-state index contributed by atoms with van der Waals surface area (Å²) in [5.74, 6) is -1.46. The van der Waals surface area contributed by atoms with Gasteiger partial charge in [-0.1, -0.05) is 37.0 Å². The van der Waals surface area contributed by atoms with Gasteiger partial charge in [-0.05, 0) is 24.1 Å². The van der Waals surface area contributed by atoms with Crippen LogP contribution in [0.15, 0.2) is 18.2 Å². The smallest absolute Gasteiger partial charge is 0.320 e. The highest BCUT2D eigenvalue weighted by Gasteiger charge is 2.21. The molecule has 7 heteroatoms. The maximum Gasteiger partial charge on any atom is 0.320 e. The lowest BCUT2D eigenvalue weighted by molar-refractivity contribution is -0.140. The van der Waals surface area contributed by atoms with Crippen LogP contribution < -0.4 is 10.6 Å². The van der Waals surface area contributed by atoms with E-state index in [4.69, 9.17) is 28.3 Å². The van der Waals surface area contributed by atoms with E-state index in [0.717, 1.165) is 0 Å². The lowest BCUT2D eigenvalue weighted by atomic mass is 10.1. The van der Waals surface area contributed by atoms with Gasteiger partial charge < -0.3 is 10.4 Å². The molecule has 0 heterocycles. The molecule has 0 radical (unpaired) electrons. The van der Waals surface area contributed by atoms with Gasteiger partial charge in [-0.2, -0.15) is 0 Å². The van der Waals surface area contributed by atoms with E-state index in [1.54, 1.807) is 26.0 Å². The third-order valence-electron chi connectivity index (χ3n) is 2.62. The largest absolute Gasteiger partial charge is 0.480 e. The van der Waals surface area contributed by atoms with Crippen LogP contribution in [-0.2, 0) is 9.59 Å². The van der Waals surface area contributed by atoms with Crippen molar-refractivity contribution in [3.8, 4) is 0 Å². The maximum atomic E-state index is 11.7. The van der Waals surface area contributed by atoms with Crippen LogP contribution in [0.1, 0.15) is 13.8 Å². The van der Waals surface area contributed by atoms with Crippen molar-refractivity contribution < 1.29 is 14.7 Å². The Hall–Kier alpha value is -1.30. The minimum absolute atomic E-state index is 0.102. The predicted octanol–water partition coefficient (Wildman–Crippen LogP) is 2.63. The molecule has 110 valence electrons. The van der Waals surface area contributed by atoms with Crippen LogP contribution in [0.25, 0.3) is 0 Å². The molecule has 0 spiro atoms. The molecular weight excluding hydrogens is 303 g/mol. The van der Waals surface area contributed by atoms with E-state index in [1.807, 2.05) is 0 Å². The van der Waals surface area contributed by atoms with E-state index in [2.05, 4.69) is 10.6 Å². The molecule has 1 amide bonds. The van der Waals surface area contributed by atoms with Crippen LogP contribution >= 0.6 is 23.2 Å².